The number of pyridine rings is 1. The number of carbonyl (C=O) groups is 1. The van der Waals surface area contributed by atoms with Crippen molar-refractivity contribution in [1.82, 2.24) is 4.98 Å². The van der Waals surface area contributed by atoms with Crippen LogP contribution in [0.1, 0.15) is 9.67 Å². The number of carboxylic acid groups (broad SMARTS) is 1. The molecule has 5 heteroatoms. The van der Waals surface area contributed by atoms with E-state index in [-0.39, 0.29) is 10.3 Å². The highest BCUT2D eigenvalue weighted by Crippen LogP contribution is 2.20. The molecule has 0 aliphatic heterocycles. The summed E-state index contributed by atoms with van der Waals surface area (Å²) in [7, 11) is 0. The summed E-state index contributed by atoms with van der Waals surface area (Å²) >= 11 is 1.06. The summed E-state index contributed by atoms with van der Waals surface area (Å²) in [5, 5.41) is 9.11. The van der Waals surface area contributed by atoms with E-state index < -0.39 is 5.97 Å². The number of aromatic carboxylic acids is 1. The molecule has 0 aliphatic carbocycles. The third kappa shape index (κ3) is 1.23. The molecule has 66 valence electrons. The summed E-state index contributed by atoms with van der Waals surface area (Å²) in [4.78, 5) is 25.4. The maximum atomic E-state index is 11.2. The second-order valence-corrected chi connectivity index (χ2v) is 3.55. The lowest BCUT2D eigenvalue weighted by Crippen LogP contribution is -1.97. The number of fused-ring (bicyclic) bond motifs is 1. The third-order valence-electron chi connectivity index (χ3n) is 1.66. The minimum Gasteiger partial charge on any atom is -0.477 e. The molecule has 0 aromatic carbocycles. The number of H-pyrrole nitrogens is 1. The third-order valence-corrected chi connectivity index (χ3v) is 2.71. The van der Waals surface area contributed by atoms with Gasteiger partial charge in [0, 0.05) is 12.3 Å². The molecule has 2 heterocycles. The highest BCUT2D eigenvalue weighted by atomic mass is 32.1. The molecule has 0 spiro atoms. The van der Waals surface area contributed by atoms with E-state index in [4.69, 9.17) is 5.11 Å². The van der Waals surface area contributed by atoms with E-state index in [0.29, 0.717) is 10.2 Å². The maximum Gasteiger partial charge on any atom is 0.345 e. The summed E-state index contributed by atoms with van der Waals surface area (Å²) < 4.78 is 0. The lowest BCUT2D eigenvalue weighted by atomic mass is 10.3. The molecule has 0 amide bonds. The van der Waals surface area contributed by atoms with Crippen molar-refractivity contribution in [3.8, 4) is 0 Å². The van der Waals surface area contributed by atoms with Crippen LogP contribution < -0.4 is 5.43 Å². The van der Waals surface area contributed by atoms with Gasteiger partial charge in [0.05, 0.1) is 5.39 Å². The van der Waals surface area contributed by atoms with Crippen molar-refractivity contribution in [2.45, 2.75) is 0 Å². The Morgan fingerprint density at radius 3 is 2.92 bits per heavy atom. The Balaban J connectivity index is 2.83. The van der Waals surface area contributed by atoms with Crippen molar-refractivity contribution in [2.24, 2.45) is 0 Å². The van der Waals surface area contributed by atoms with Gasteiger partial charge in [0.25, 0.3) is 0 Å². The summed E-state index contributed by atoms with van der Waals surface area (Å²) in [5.41, 5.74) is -0.155. The first-order chi connectivity index (χ1) is 6.18. The standard InChI is InChI=1S/C8H5NO3S/c10-5-1-2-9-7-4(5)3-6(13-7)8(11)12/h1-3H,(H,9,10)(H,11,12). The number of nitrogens with one attached hydrogen (secondary N) is 1. The fourth-order valence-electron chi connectivity index (χ4n) is 1.07. The minimum atomic E-state index is -1.01. The number of thiophene rings is 1. The molecule has 0 aliphatic rings. The first kappa shape index (κ1) is 8.00. The Bertz CT molecular complexity index is 525. The van der Waals surface area contributed by atoms with Crippen LogP contribution in [0.15, 0.2) is 23.1 Å². The molecule has 0 unspecified atom stereocenters. The van der Waals surface area contributed by atoms with Crippen LogP contribution in [0, 0.1) is 0 Å². The van der Waals surface area contributed by atoms with Crippen LogP contribution >= 0.6 is 11.3 Å². The van der Waals surface area contributed by atoms with Gasteiger partial charge in [-0.2, -0.15) is 0 Å². The van der Waals surface area contributed by atoms with Crippen LogP contribution in [-0.4, -0.2) is 16.1 Å². The van der Waals surface area contributed by atoms with Gasteiger partial charge < -0.3 is 10.1 Å². The van der Waals surface area contributed by atoms with Crippen LogP contribution in [0.4, 0.5) is 0 Å². The Morgan fingerprint density at radius 2 is 2.31 bits per heavy atom. The SMILES string of the molecule is O=C(O)c1cc2c(=O)cc[nH]c2s1. The molecule has 2 N–H and O–H groups in total. The van der Waals surface area contributed by atoms with E-state index >= 15 is 0 Å². The summed E-state index contributed by atoms with van der Waals surface area (Å²) in [6.07, 6.45) is 1.51. The molecular formula is C8H5NO3S. The molecular weight excluding hydrogens is 190 g/mol. The average Bonchev–Trinajstić information content (AvgIpc) is 2.49. The molecule has 4 nitrogen and oxygen atoms in total. The summed E-state index contributed by atoms with van der Waals surface area (Å²) in [6.45, 7) is 0. The number of carboxylic acids is 1. The second-order valence-electron chi connectivity index (χ2n) is 2.50. The second kappa shape index (κ2) is 2.70. The van der Waals surface area contributed by atoms with E-state index in [2.05, 4.69) is 4.98 Å². The van der Waals surface area contributed by atoms with Crippen molar-refractivity contribution in [3.63, 3.8) is 0 Å². The van der Waals surface area contributed by atoms with Crippen LogP contribution in [0.2, 0.25) is 0 Å². The van der Waals surface area contributed by atoms with Crippen LogP contribution in [0.25, 0.3) is 10.2 Å². The predicted octanol–water partition coefficient (Wildman–Crippen LogP) is 1.29. The van der Waals surface area contributed by atoms with Crippen molar-refractivity contribution in [1.29, 1.82) is 0 Å². The van der Waals surface area contributed by atoms with E-state index in [9.17, 15) is 9.59 Å². The van der Waals surface area contributed by atoms with Crippen molar-refractivity contribution < 1.29 is 9.90 Å². The first-order valence-electron chi connectivity index (χ1n) is 3.53. The van der Waals surface area contributed by atoms with Gasteiger partial charge in [0.15, 0.2) is 5.43 Å². The molecule has 0 bridgehead atoms. The fraction of sp³-hybridized carbons (Fsp3) is 0. The fourth-order valence-corrected chi connectivity index (χ4v) is 1.95. The van der Waals surface area contributed by atoms with Crippen molar-refractivity contribution >= 4 is 27.5 Å². The predicted molar refractivity (Wildman–Crippen MR) is 49.4 cm³/mol. The molecule has 0 atom stereocenters. The zero-order valence-electron chi connectivity index (χ0n) is 6.40. The Kier molecular flexibility index (Phi) is 1.66. The number of aromatic nitrogens is 1. The van der Waals surface area contributed by atoms with Crippen molar-refractivity contribution in [2.75, 3.05) is 0 Å². The lowest BCUT2D eigenvalue weighted by molar-refractivity contribution is 0.0702. The summed E-state index contributed by atoms with van der Waals surface area (Å²) in [6, 6.07) is 2.77. The topological polar surface area (TPSA) is 70.2 Å². The zero-order valence-corrected chi connectivity index (χ0v) is 7.22. The van der Waals surface area contributed by atoms with E-state index in [1.54, 1.807) is 0 Å². The number of aromatic amines is 1. The van der Waals surface area contributed by atoms with Gasteiger partial charge in [-0.15, -0.1) is 11.3 Å². The molecule has 2 aromatic heterocycles. The van der Waals surface area contributed by atoms with Gasteiger partial charge in [-0.3, -0.25) is 4.79 Å². The zero-order chi connectivity index (χ0) is 9.42. The quantitative estimate of drug-likeness (QED) is 0.720. The van der Waals surface area contributed by atoms with E-state index in [1.807, 2.05) is 0 Å². The molecule has 0 radical (unpaired) electrons. The summed E-state index contributed by atoms with van der Waals surface area (Å²) in [5.74, 6) is -1.01. The highest BCUT2D eigenvalue weighted by Gasteiger charge is 2.09. The largest absolute Gasteiger partial charge is 0.477 e. The number of hydrogen-bond acceptors (Lipinski definition) is 3. The molecule has 0 saturated carbocycles. The number of rotatable bonds is 1. The smallest absolute Gasteiger partial charge is 0.345 e. The van der Waals surface area contributed by atoms with Crippen LogP contribution in [0.5, 0.6) is 0 Å². The van der Waals surface area contributed by atoms with Gasteiger partial charge in [-0.1, -0.05) is 0 Å². The number of hydrogen-bond donors (Lipinski definition) is 2. The highest BCUT2D eigenvalue weighted by molar-refractivity contribution is 7.20. The average molecular weight is 195 g/mol. The van der Waals surface area contributed by atoms with E-state index in [0.717, 1.165) is 11.3 Å². The molecule has 0 fully saturated rings. The normalized spacial score (nSPS) is 10.5. The van der Waals surface area contributed by atoms with Gasteiger partial charge in [-0.25, -0.2) is 4.79 Å². The maximum absolute atomic E-state index is 11.2. The Labute approximate surface area is 76.5 Å². The Morgan fingerprint density at radius 1 is 1.54 bits per heavy atom. The van der Waals surface area contributed by atoms with Gasteiger partial charge >= 0.3 is 5.97 Å². The molecule has 2 rings (SSSR count). The molecule has 13 heavy (non-hydrogen) atoms. The van der Waals surface area contributed by atoms with Crippen LogP contribution in [-0.2, 0) is 0 Å². The molecule has 0 saturated heterocycles. The van der Waals surface area contributed by atoms with Crippen molar-refractivity contribution in [3.05, 3.63) is 33.4 Å². The van der Waals surface area contributed by atoms with Gasteiger partial charge in [0.2, 0.25) is 0 Å². The Hall–Kier alpha value is -1.62. The van der Waals surface area contributed by atoms with Gasteiger partial charge in [0.1, 0.15) is 9.71 Å². The lowest BCUT2D eigenvalue weighted by Gasteiger charge is -1.83. The molecule has 2 aromatic rings. The monoisotopic (exact) mass is 195 g/mol. The van der Waals surface area contributed by atoms with E-state index in [1.165, 1.54) is 18.3 Å². The van der Waals surface area contributed by atoms with Crippen LogP contribution in [0.3, 0.4) is 0 Å². The van der Waals surface area contributed by atoms with Gasteiger partial charge in [-0.05, 0) is 6.07 Å². The minimum absolute atomic E-state index is 0.155. The first-order valence-corrected chi connectivity index (χ1v) is 4.34.